The Labute approximate surface area is 124 Å². The molecule has 1 atom stereocenters. The summed E-state index contributed by atoms with van der Waals surface area (Å²) in [7, 11) is 0. The lowest BCUT2D eigenvalue weighted by Gasteiger charge is -2.47. The number of rotatable bonds is 2. The maximum absolute atomic E-state index is 11.4. The summed E-state index contributed by atoms with van der Waals surface area (Å²) >= 11 is 1.88. The minimum Gasteiger partial charge on any atom is -0.363 e. The molecule has 0 bridgehead atoms. The van der Waals surface area contributed by atoms with Gasteiger partial charge in [0.2, 0.25) is 5.91 Å². The summed E-state index contributed by atoms with van der Waals surface area (Å²) in [5.74, 6) is 0.0135. The molecule has 1 spiro atoms. The van der Waals surface area contributed by atoms with Gasteiger partial charge >= 0.3 is 0 Å². The molecule has 1 amide bonds. The van der Waals surface area contributed by atoms with Crippen LogP contribution in [0.1, 0.15) is 29.5 Å². The van der Waals surface area contributed by atoms with E-state index in [1.807, 2.05) is 11.3 Å². The molecule has 5 heteroatoms. The molecular formula is C15H22N2O2S. The lowest BCUT2D eigenvalue weighted by atomic mass is 9.83. The highest BCUT2D eigenvalue weighted by atomic mass is 32.1. The number of likely N-dealkylation sites (tertiary alicyclic amines) is 1. The second kappa shape index (κ2) is 5.47. The van der Waals surface area contributed by atoms with E-state index in [9.17, 15) is 4.79 Å². The van der Waals surface area contributed by atoms with Crippen LogP contribution in [-0.2, 0) is 16.1 Å². The molecule has 1 aromatic heterocycles. The lowest BCUT2D eigenvalue weighted by molar-refractivity contribution is -0.159. The molecule has 0 aromatic carbocycles. The van der Waals surface area contributed by atoms with Crippen LogP contribution in [0.25, 0.3) is 0 Å². The number of carbonyl (C=O) groups excluding carboxylic acids is 1. The van der Waals surface area contributed by atoms with E-state index in [2.05, 4.69) is 36.2 Å². The first kappa shape index (κ1) is 14.0. The largest absolute Gasteiger partial charge is 0.363 e. The molecule has 0 radical (unpaired) electrons. The maximum Gasteiger partial charge on any atom is 0.246 e. The third kappa shape index (κ3) is 2.75. The number of piperidine rings is 1. The average Bonchev–Trinajstić information content (AvgIpc) is 2.82. The van der Waals surface area contributed by atoms with E-state index in [0.717, 1.165) is 32.5 Å². The number of nitrogens with one attached hydrogen (secondary N) is 1. The van der Waals surface area contributed by atoms with Crippen LogP contribution in [0.3, 0.4) is 0 Å². The van der Waals surface area contributed by atoms with Crippen LogP contribution in [0.2, 0.25) is 0 Å². The molecule has 0 saturated carbocycles. The average molecular weight is 294 g/mol. The molecule has 0 unspecified atom stereocenters. The molecule has 3 heterocycles. The SMILES string of the molecule is Cc1ccc(CN2CCC3(CC2)OCC(=O)N[C@H]3C)s1. The number of amides is 1. The zero-order valence-electron chi connectivity index (χ0n) is 12.1. The van der Waals surface area contributed by atoms with Gasteiger partial charge in [-0.15, -0.1) is 11.3 Å². The molecule has 1 N–H and O–H groups in total. The third-order valence-electron chi connectivity index (χ3n) is 4.54. The van der Waals surface area contributed by atoms with Crippen molar-refractivity contribution in [3.05, 3.63) is 21.9 Å². The van der Waals surface area contributed by atoms with Crippen LogP contribution in [0.15, 0.2) is 12.1 Å². The van der Waals surface area contributed by atoms with Gasteiger partial charge in [0.25, 0.3) is 0 Å². The Hall–Kier alpha value is -0.910. The van der Waals surface area contributed by atoms with Crippen molar-refractivity contribution in [2.24, 2.45) is 0 Å². The summed E-state index contributed by atoms with van der Waals surface area (Å²) < 4.78 is 5.90. The van der Waals surface area contributed by atoms with Crippen molar-refractivity contribution < 1.29 is 9.53 Å². The first-order valence-electron chi connectivity index (χ1n) is 7.28. The van der Waals surface area contributed by atoms with Crippen LogP contribution >= 0.6 is 11.3 Å². The zero-order chi connectivity index (χ0) is 14.2. The normalized spacial score (nSPS) is 26.7. The molecule has 110 valence electrons. The first-order chi connectivity index (χ1) is 9.57. The van der Waals surface area contributed by atoms with Gasteiger partial charge in [-0.25, -0.2) is 0 Å². The Kier molecular flexibility index (Phi) is 3.84. The topological polar surface area (TPSA) is 41.6 Å². The predicted octanol–water partition coefficient (Wildman–Crippen LogP) is 1.93. The number of thiophene rings is 1. The molecule has 2 fully saturated rings. The van der Waals surface area contributed by atoms with Crippen molar-refractivity contribution in [2.75, 3.05) is 19.7 Å². The van der Waals surface area contributed by atoms with Gasteiger partial charge in [0.1, 0.15) is 6.61 Å². The molecule has 4 nitrogen and oxygen atoms in total. The van der Waals surface area contributed by atoms with Crippen LogP contribution in [-0.4, -0.2) is 42.1 Å². The summed E-state index contributed by atoms with van der Waals surface area (Å²) in [6.45, 7) is 7.55. The monoisotopic (exact) mass is 294 g/mol. The van der Waals surface area contributed by atoms with Crippen LogP contribution < -0.4 is 5.32 Å². The summed E-state index contributed by atoms with van der Waals surface area (Å²) in [5.41, 5.74) is -0.143. The number of hydrogen-bond acceptors (Lipinski definition) is 4. The van der Waals surface area contributed by atoms with Crippen LogP contribution in [0.4, 0.5) is 0 Å². The smallest absolute Gasteiger partial charge is 0.246 e. The van der Waals surface area contributed by atoms with Gasteiger partial charge in [-0.3, -0.25) is 9.69 Å². The fraction of sp³-hybridized carbons (Fsp3) is 0.667. The number of aryl methyl sites for hydroxylation is 1. The van der Waals surface area contributed by atoms with Crippen molar-refractivity contribution in [2.45, 2.75) is 44.9 Å². The summed E-state index contributed by atoms with van der Waals surface area (Å²) in [6, 6.07) is 4.53. The van der Waals surface area contributed by atoms with Gasteiger partial charge in [-0.05, 0) is 38.8 Å². The molecule has 2 aliphatic rings. The fourth-order valence-corrected chi connectivity index (χ4v) is 4.14. The fourth-order valence-electron chi connectivity index (χ4n) is 3.21. The van der Waals surface area contributed by atoms with Crippen molar-refractivity contribution in [3.63, 3.8) is 0 Å². The minimum atomic E-state index is -0.143. The number of carbonyl (C=O) groups is 1. The summed E-state index contributed by atoms with van der Waals surface area (Å²) in [6.07, 6.45) is 2.00. The molecule has 1 aromatic rings. The quantitative estimate of drug-likeness (QED) is 0.906. The summed E-state index contributed by atoms with van der Waals surface area (Å²) in [5, 5.41) is 3.03. The van der Waals surface area contributed by atoms with Gasteiger partial charge in [0.05, 0.1) is 11.6 Å². The van der Waals surface area contributed by atoms with Crippen molar-refractivity contribution >= 4 is 17.2 Å². The number of nitrogens with zero attached hydrogens (tertiary/aromatic N) is 1. The number of ether oxygens (including phenoxy) is 1. The second-order valence-electron chi connectivity index (χ2n) is 5.93. The van der Waals surface area contributed by atoms with E-state index in [-0.39, 0.29) is 24.2 Å². The molecular weight excluding hydrogens is 272 g/mol. The Morgan fingerprint density at radius 3 is 2.80 bits per heavy atom. The van der Waals surface area contributed by atoms with E-state index in [1.54, 1.807) is 0 Å². The number of morpholine rings is 1. The van der Waals surface area contributed by atoms with Gasteiger partial charge < -0.3 is 10.1 Å². The van der Waals surface area contributed by atoms with Crippen molar-refractivity contribution in [1.82, 2.24) is 10.2 Å². The van der Waals surface area contributed by atoms with E-state index in [4.69, 9.17) is 4.74 Å². The minimum absolute atomic E-state index is 0.0135. The molecule has 0 aliphatic carbocycles. The maximum atomic E-state index is 11.4. The number of hydrogen-bond donors (Lipinski definition) is 1. The van der Waals surface area contributed by atoms with E-state index < -0.39 is 0 Å². The third-order valence-corrected chi connectivity index (χ3v) is 5.52. The lowest BCUT2D eigenvalue weighted by Crippen LogP contribution is -2.62. The Morgan fingerprint density at radius 2 is 2.20 bits per heavy atom. The predicted molar refractivity (Wildman–Crippen MR) is 79.9 cm³/mol. The Morgan fingerprint density at radius 1 is 1.45 bits per heavy atom. The summed E-state index contributed by atoms with van der Waals surface area (Å²) in [4.78, 5) is 16.7. The highest BCUT2D eigenvalue weighted by molar-refractivity contribution is 7.11. The van der Waals surface area contributed by atoms with Gasteiger partial charge in [-0.2, -0.15) is 0 Å². The zero-order valence-corrected chi connectivity index (χ0v) is 13.0. The van der Waals surface area contributed by atoms with E-state index in [1.165, 1.54) is 9.75 Å². The molecule has 2 aliphatic heterocycles. The van der Waals surface area contributed by atoms with Crippen LogP contribution in [0.5, 0.6) is 0 Å². The van der Waals surface area contributed by atoms with Gasteiger partial charge in [0, 0.05) is 29.4 Å². The van der Waals surface area contributed by atoms with Crippen molar-refractivity contribution in [1.29, 1.82) is 0 Å². The highest BCUT2D eigenvalue weighted by Gasteiger charge is 2.44. The van der Waals surface area contributed by atoms with Gasteiger partial charge in [0.15, 0.2) is 0 Å². The van der Waals surface area contributed by atoms with Gasteiger partial charge in [-0.1, -0.05) is 0 Å². The molecule has 3 rings (SSSR count). The van der Waals surface area contributed by atoms with E-state index in [0.29, 0.717) is 0 Å². The van der Waals surface area contributed by atoms with Crippen molar-refractivity contribution in [3.8, 4) is 0 Å². The Balaban J connectivity index is 1.57. The second-order valence-corrected chi connectivity index (χ2v) is 7.30. The first-order valence-corrected chi connectivity index (χ1v) is 8.10. The highest BCUT2D eigenvalue weighted by Crippen LogP contribution is 2.32. The van der Waals surface area contributed by atoms with E-state index >= 15 is 0 Å². The van der Waals surface area contributed by atoms with Crippen LogP contribution in [0, 0.1) is 6.92 Å². The molecule has 2 saturated heterocycles. The standard InChI is InChI=1S/C15H22N2O2S/c1-11-3-4-13(20-11)9-17-7-5-15(6-8-17)12(2)16-14(18)10-19-15/h3-4,12H,5-10H2,1-2H3,(H,16,18)/t12-/m0/s1. The molecule has 20 heavy (non-hydrogen) atoms. The Bertz CT molecular complexity index is 492.